The summed E-state index contributed by atoms with van der Waals surface area (Å²) in [6.07, 6.45) is 0. The monoisotopic (exact) mass is 114 g/mol. The molecule has 0 heterocycles. The van der Waals surface area contributed by atoms with Gasteiger partial charge >= 0.3 is 5.97 Å². The van der Waals surface area contributed by atoms with Crippen LogP contribution in [-0.4, -0.2) is 17.5 Å². The SMILES string of the molecule is CC(=O)C(=N)C([O])=O. The third kappa shape index (κ3) is 1.51. The van der Waals surface area contributed by atoms with Gasteiger partial charge in [0.2, 0.25) is 0 Å². The normalized spacial score (nSPS) is 8.12. The third-order valence-electron chi connectivity index (χ3n) is 0.556. The Hall–Kier alpha value is -1.19. The summed E-state index contributed by atoms with van der Waals surface area (Å²) < 4.78 is 0. The van der Waals surface area contributed by atoms with Crippen LogP contribution in [0.4, 0.5) is 0 Å². The number of hydrogen-bond donors (Lipinski definition) is 1. The molecule has 1 radical (unpaired) electrons. The average Bonchev–Trinajstić information content (AvgIpc) is 1.64. The van der Waals surface area contributed by atoms with Gasteiger partial charge < -0.3 is 0 Å². The molecule has 0 aliphatic rings. The Morgan fingerprint density at radius 1 is 1.38 bits per heavy atom. The maximum Gasteiger partial charge on any atom is 0.407 e. The van der Waals surface area contributed by atoms with Crippen molar-refractivity contribution in [2.24, 2.45) is 0 Å². The third-order valence-corrected chi connectivity index (χ3v) is 0.556. The zero-order valence-electron chi connectivity index (χ0n) is 4.22. The van der Waals surface area contributed by atoms with Crippen LogP contribution in [0.15, 0.2) is 0 Å². The topological polar surface area (TPSA) is 77.9 Å². The van der Waals surface area contributed by atoms with Gasteiger partial charge in [-0.05, 0) is 0 Å². The molecule has 43 valence electrons. The zero-order chi connectivity index (χ0) is 6.73. The molecule has 4 nitrogen and oxygen atoms in total. The van der Waals surface area contributed by atoms with E-state index in [2.05, 4.69) is 0 Å². The van der Waals surface area contributed by atoms with E-state index in [1.54, 1.807) is 0 Å². The van der Waals surface area contributed by atoms with E-state index in [0.717, 1.165) is 6.92 Å². The lowest BCUT2D eigenvalue weighted by Gasteiger charge is -1.82. The Bertz CT molecular complexity index is 133. The van der Waals surface area contributed by atoms with Crippen LogP contribution in [0.5, 0.6) is 0 Å². The minimum absolute atomic E-state index is 0.787. The molecule has 0 atom stereocenters. The quantitative estimate of drug-likeness (QED) is 0.390. The highest BCUT2D eigenvalue weighted by Crippen LogP contribution is 1.74. The first-order valence-electron chi connectivity index (χ1n) is 1.86. The minimum Gasteiger partial charge on any atom is -0.292 e. The van der Waals surface area contributed by atoms with Crippen molar-refractivity contribution in [3.8, 4) is 0 Å². The Labute approximate surface area is 45.6 Å². The van der Waals surface area contributed by atoms with Crippen molar-refractivity contribution in [1.29, 1.82) is 5.41 Å². The summed E-state index contributed by atoms with van der Waals surface area (Å²) in [7, 11) is 0. The molecule has 4 heteroatoms. The number of hydrogen-bond acceptors (Lipinski definition) is 3. The van der Waals surface area contributed by atoms with E-state index in [4.69, 9.17) is 5.41 Å². The van der Waals surface area contributed by atoms with Crippen LogP contribution >= 0.6 is 0 Å². The van der Waals surface area contributed by atoms with E-state index in [9.17, 15) is 14.7 Å². The highest BCUT2D eigenvalue weighted by atomic mass is 16.4. The van der Waals surface area contributed by atoms with Crippen molar-refractivity contribution < 1.29 is 14.7 Å². The molecule has 0 bridgehead atoms. The van der Waals surface area contributed by atoms with Crippen LogP contribution in [0.3, 0.4) is 0 Å². The molecule has 8 heavy (non-hydrogen) atoms. The standard InChI is InChI=1S/C4H4NO3/c1-2(6)3(5)4(7)8/h5H,1H3. The number of rotatable bonds is 2. The molecule has 0 aromatic rings. The molecule has 0 saturated heterocycles. The number of ketones is 1. The molecule has 0 aromatic heterocycles. The van der Waals surface area contributed by atoms with Crippen LogP contribution < -0.4 is 0 Å². The Kier molecular flexibility index (Phi) is 1.88. The largest absolute Gasteiger partial charge is 0.407 e. The van der Waals surface area contributed by atoms with Crippen molar-refractivity contribution in [3.05, 3.63) is 0 Å². The van der Waals surface area contributed by atoms with Gasteiger partial charge in [-0.2, -0.15) is 0 Å². The van der Waals surface area contributed by atoms with Gasteiger partial charge in [-0.3, -0.25) is 10.2 Å². The summed E-state index contributed by atoms with van der Waals surface area (Å²) >= 11 is 0. The second kappa shape index (κ2) is 2.20. The first-order chi connectivity index (χ1) is 3.55. The van der Waals surface area contributed by atoms with Gasteiger partial charge in [0.1, 0.15) is 0 Å². The van der Waals surface area contributed by atoms with Crippen LogP contribution in [0, 0.1) is 5.41 Å². The number of carbonyl (C=O) groups is 2. The van der Waals surface area contributed by atoms with Crippen molar-refractivity contribution in [1.82, 2.24) is 0 Å². The fraction of sp³-hybridized carbons (Fsp3) is 0.250. The van der Waals surface area contributed by atoms with Crippen molar-refractivity contribution >= 4 is 17.5 Å². The zero-order valence-corrected chi connectivity index (χ0v) is 4.22. The van der Waals surface area contributed by atoms with Gasteiger partial charge in [-0.15, -0.1) is 0 Å². The van der Waals surface area contributed by atoms with Gasteiger partial charge in [-0.25, -0.2) is 9.90 Å². The van der Waals surface area contributed by atoms with Gasteiger partial charge in [0.15, 0.2) is 11.5 Å². The highest BCUT2D eigenvalue weighted by Gasteiger charge is 2.12. The Morgan fingerprint density at radius 2 is 1.75 bits per heavy atom. The van der Waals surface area contributed by atoms with Gasteiger partial charge in [0.05, 0.1) is 0 Å². The lowest BCUT2D eigenvalue weighted by molar-refractivity contribution is -0.135. The van der Waals surface area contributed by atoms with Gasteiger partial charge in [-0.1, -0.05) is 0 Å². The molecule has 0 rings (SSSR count). The molecule has 1 N–H and O–H groups in total. The molecule has 0 aliphatic heterocycles. The molecule has 0 aromatic carbocycles. The smallest absolute Gasteiger partial charge is 0.292 e. The first kappa shape index (κ1) is 6.81. The first-order valence-corrected chi connectivity index (χ1v) is 1.86. The number of Topliss-reactive ketones (excluding diaryl/α,β-unsaturated/α-hetero) is 1. The molecular weight excluding hydrogens is 110 g/mol. The maximum atomic E-state index is 9.94. The van der Waals surface area contributed by atoms with Gasteiger partial charge in [0.25, 0.3) is 0 Å². The second-order valence-electron chi connectivity index (χ2n) is 1.22. The summed E-state index contributed by atoms with van der Waals surface area (Å²) in [5, 5.41) is 16.0. The van der Waals surface area contributed by atoms with Crippen molar-refractivity contribution in [3.63, 3.8) is 0 Å². The summed E-state index contributed by atoms with van der Waals surface area (Å²) in [4.78, 5) is 19.5. The summed E-state index contributed by atoms with van der Waals surface area (Å²) in [6, 6.07) is 0. The van der Waals surface area contributed by atoms with E-state index < -0.39 is 17.5 Å². The summed E-state index contributed by atoms with van der Waals surface area (Å²) in [5.74, 6) is -2.51. The van der Waals surface area contributed by atoms with Crippen molar-refractivity contribution in [2.75, 3.05) is 0 Å². The minimum atomic E-state index is -1.72. The van der Waals surface area contributed by atoms with E-state index >= 15 is 0 Å². The van der Waals surface area contributed by atoms with Crippen LogP contribution in [0.25, 0.3) is 0 Å². The van der Waals surface area contributed by atoms with Crippen LogP contribution in [0.2, 0.25) is 0 Å². The summed E-state index contributed by atoms with van der Waals surface area (Å²) in [6.45, 7) is 0.998. The maximum absolute atomic E-state index is 9.94. The average molecular weight is 114 g/mol. The molecule has 0 aliphatic carbocycles. The highest BCUT2D eigenvalue weighted by molar-refractivity contribution is 6.62. The molecular formula is C4H4NO3. The van der Waals surface area contributed by atoms with E-state index in [1.165, 1.54) is 0 Å². The molecule has 0 unspecified atom stereocenters. The van der Waals surface area contributed by atoms with Crippen molar-refractivity contribution in [2.45, 2.75) is 6.92 Å². The van der Waals surface area contributed by atoms with E-state index in [1.807, 2.05) is 0 Å². The lowest BCUT2D eigenvalue weighted by atomic mass is 10.3. The molecule has 0 saturated carbocycles. The van der Waals surface area contributed by atoms with Crippen LogP contribution in [0.1, 0.15) is 6.92 Å². The predicted octanol–water partition coefficient (Wildman–Crippen LogP) is -0.448. The second-order valence-corrected chi connectivity index (χ2v) is 1.22. The Balaban J connectivity index is 4.05. The number of nitrogens with one attached hydrogen (secondary N) is 1. The van der Waals surface area contributed by atoms with E-state index in [0.29, 0.717) is 0 Å². The Morgan fingerprint density at radius 3 is 1.75 bits per heavy atom. The molecule has 0 spiro atoms. The predicted molar refractivity (Wildman–Crippen MR) is 24.1 cm³/mol. The van der Waals surface area contributed by atoms with E-state index in [-0.39, 0.29) is 0 Å². The number of carbonyl (C=O) groups excluding carboxylic acids is 2. The fourth-order valence-electron chi connectivity index (χ4n) is 0.144. The van der Waals surface area contributed by atoms with Gasteiger partial charge in [0, 0.05) is 6.92 Å². The molecule has 0 amide bonds. The summed E-state index contributed by atoms with van der Waals surface area (Å²) in [5.41, 5.74) is -0.981. The van der Waals surface area contributed by atoms with Crippen LogP contribution in [-0.2, 0) is 14.7 Å². The lowest BCUT2D eigenvalue weighted by Crippen LogP contribution is -2.18. The fourth-order valence-corrected chi connectivity index (χ4v) is 0.144. The molecule has 0 fully saturated rings.